The van der Waals surface area contributed by atoms with Crippen LogP contribution in [0.4, 0.5) is 47.1 Å². The molecule has 0 aliphatic carbocycles. The van der Waals surface area contributed by atoms with Gasteiger partial charge in [0.2, 0.25) is 23.8 Å². The third-order valence-corrected chi connectivity index (χ3v) is 18.6. The highest BCUT2D eigenvalue weighted by molar-refractivity contribution is 7.48. The Labute approximate surface area is 553 Å². The number of hydrogen-bond donors (Lipinski definition) is 14. The van der Waals surface area contributed by atoms with Crippen LogP contribution in [0.15, 0.2) is 45.8 Å². The summed E-state index contributed by atoms with van der Waals surface area (Å²) in [5, 5.41) is 71.7. The lowest BCUT2D eigenvalue weighted by Crippen LogP contribution is -2.37. The zero-order chi connectivity index (χ0) is 72.4. The third kappa shape index (κ3) is 14.0. The number of phosphoric acid groups is 4. The Morgan fingerprint density at radius 2 is 0.644 bits per heavy atom. The Morgan fingerprint density at radius 3 is 0.911 bits per heavy atom. The summed E-state index contributed by atoms with van der Waals surface area (Å²) in [6.07, 6.45) is -29.8. The van der Waals surface area contributed by atoms with Crippen LogP contribution in [-0.4, -0.2) is 228 Å². The summed E-state index contributed by atoms with van der Waals surface area (Å²) in [6.45, 7) is -4.95. The van der Waals surface area contributed by atoms with Crippen LogP contribution in [0.1, 0.15) is 24.9 Å². The van der Waals surface area contributed by atoms with Crippen molar-refractivity contribution < 1.29 is 119 Å². The Bertz CT molecular complexity index is 4960. The molecule has 61 heteroatoms. The van der Waals surface area contributed by atoms with E-state index in [1.54, 1.807) is 0 Å². The van der Waals surface area contributed by atoms with Gasteiger partial charge in [-0.15, -0.1) is 0 Å². The third-order valence-electron chi connectivity index (χ3n) is 15.2. The van der Waals surface area contributed by atoms with Crippen LogP contribution in [0, 0.1) is 0 Å². The molecule has 3 unspecified atom stereocenters. The molecule has 12 rings (SSSR count). The number of aliphatic hydroxyl groups is 5. The summed E-state index contributed by atoms with van der Waals surface area (Å²) in [6, 6.07) is 0. The fraction of sp³-hybridized carbons (Fsp3) is 0.500. The Morgan fingerprint density at radius 1 is 0.396 bits per heavy atom. The largest absolute Gasteiger partial charge is 0.472 e. The first-order valence-electron chi connectivity index (χ1n) is 27.8. The molecule has 4 aliphatic rings. The molecule has 4 saturated heterocycles. The predicted octanol–water partition coefficient (Wildman–Crippen LogP) is -0.548. The molecule has 0 radical (unpaired) electrons. The van der Waals surface area contributed by atoms with E-state index in [0.29, 0.717) is 0 Å². The average Bonchev–Trinajstić information content (AvgIpc) is 1.61. The van der Waals surface area contributed by atoms with Crippen molar-refractivity contribution in [2.75, 3.05) is 49.4 Å². The van der Waals surface area contributed by atoms with Crippen LogP contribution < -0.4 is 22.9 Å². The first-order valence-corrected chi connectivity index (χ1v) is 33.8. The summed E-state index contributed by atoms with van der Waals surface area (Å²) in [5.41, 5.74) is 59.6. The number of anilines is 4. The molecule has 8 aromatic heterocycles. The van der Waals surface area contributed by atoms with E-state index in [-0.39, 0.29) is 62.3 Å². The zero-order valence-electron chi connectivity index (χ0n) is 49.6. The molecule has 0 aromatic carbocycles. The SMILES string of the molecule is [N-]=[N+]=Nc1nc2c(N)ncnc2n1[C@@H]1O[C@H](COP(=O)(O)O[C@@H]2[C@H](O)[C@@H](COP(=O)(O)O[C@@H]3[C@H](O)[C@@H](COP(=O)(O)O[C@@H]4[C@H](O)[C@@H](COP(=O)(O)O)O[C@H]4n4c(N=[N+]=[N-])nc5c(N)ncnc54)O[C@H]3n3c(N=[N+]=[N-])nc4c(N)ncnc43)O[C@H]2n2c(N=[N+]=[N-])nc3c(N)ncnc32)[C@@H](O)[C@H]1O. The number of aromatic nitrogens is 16. The Kier molecular flexibility index (Phi) is 19.8. The lowest BCUT2D eigenvalue weighted by atomic mass is 10.1. The summed E-state index contributed by atoms with van der Waals surface area (Å²) in [7, 11) is -22.8. The van der Waals surface area contributed by atoms with Crippen LogP contribution in [0.2, 0.25) is 0 Å². The second-order valence-corrected chi connectivity index (χ2v) is 26.6. The number of azide groups is 4. The maximum Gasteiger partial charge on any atom is 0.472 e. The number of fused-ring (bicyclic) bond motifs is 4. The molecular weight excluding hydrogens is 1450 g/mol. The minimum absolute atomic E-state index is 0.118. The number of phosphoric ester groups is 4. The summed E-state index contributed by atoms with van der Waals surface area (Å²) >= 11 is 0. The van der Waals surface area contributed by atoms with Gasteiger partial charge in [-0.05, 0) is 42.6 Å². The molecular formula is C40H46N32O25P4. The summed E-state index contributed by atoms with van der Waals surface area (Å²) < 4.78 is 118. The highest BCUT2D eigenvalue weighted by Gasteiger charge is 2.56. The van der Waals surface area contributed by atoms with Gasteiger partial charge in [-0.2, -0.15) is 0 Å². The van der Waals surface area contributed by atoms with E-state index >= 15 is 0 Å². The number of imidazole rings is 4. The summed E-state index contributed by atoms with van der Waals surface area (Å²) in [5.74, 6) is -3.72. The lowest BCUT2D eigenvalue weighted by molar-refractivity contribution is -0.0648. The van der Waals surface area contributed by atoms with Crippen molar-refractivity contribution in [2.45, 2.75) is 98.2 Å². The molecule has 4 fully saturated rings. The van der Waals surface area contributed by atoms with Crippen molar-refractivity contribution in [3.63, 3.8) is 0 Å². The number of nitrogen functional groups attached to an aromatic ring is 4. The van der Waals surface area contributed by atoms with Crippen molar-refractivity contribution in [2.24, 2.45) is 20.5 Å². The van der Waals surface area contributed by atoms with E-state index in [4.69, 9.17) is 69.0 Å². The van der Waals surface area contributed by atoms with Crippen molar-refractivity contribution in [3.05, 3.63) is 67.1 Å². The molecule has 18 N–H and O–H groups in total. The van der Waals surface area contributed by atoms with Gasteiger partial charge in [-0.25, -0.2) is 78.1 Å². The van der Waals surface area contributed by atoms with E-state index in [9.17, 15) is 90.4 Å². The molecule has 0 spiro atoms. The predicted molar refractivity (Wildman–Crippen MR) is 320 cm³/mol. The van der Waals surface area contributed by atoms with Gasteiger partial charge in [0.05, 0.1) is 26.4 Å². The number of hydrogen-bond acceptors (Lipinski definition) is 40. The standard InChI is InChI=1S/C40H46N32O25P4/c41-25-13-29(53-5-49-25)69(37(57-13)61-65-45)33-21(77)17(73)9(91-33)2-88-99(81,82)96-23-19(75)11(93-35(23)71-31-15(27(43)51-7-55-31)59-39(71)63-67-47)4-90-101(85,86)97-24-20(76)12(94-36(24)72-32-16(28(44)52-8-56-32)60-40(72)64-68-48)3-89-100(83,84)95-22-18(74)10(1-87-98(78,79)80)92-34(22)70-30-14(26(42)50-6-54-30)58-38(70)62-66-46/h5-12,17-24,33-36,73-77H,1-4H2,(H,81,82)(H,83,84)(H,85,86)(H2,41,49,53)(H2,42,50,54)(H2,43,51,55)(H2,44,52,56)(H2,78,79,80)/t9-,10-,11-,12-,17-,18-,19-,20-,21-,22-,23-,24-,33-,34-,35-,36-/m1/s1. The number of rotatable bonds is 26. The van der Waals surface area contributed by atoms with E-state index in [1.165, 1.54) is 0 Å². The number of nitrogens with two attached hydrogens (primary N) is 4. The molecule has 12 heterocycles. The first-order chi connectivity index (χ1) is 48.0. The van der Waals surface area contributed by atoms with Crippen molar-refractivity contribution in [1.29, 1.82) is 0 Å². The Balaban J connectivity index is 0.804. The van der Waals surface area contributed by atoms with Gasteiger partial charge >= 0.3 is 31.3 Å². The molecule has 0 saturated carbocycles. The maximum atomic E-state index is 14.4. The molecule has 8 aromatic rings. The molecule has 536 valence electrons. The molecule has 101 heavy (non-hydrogen) atoms. The van der Waals surface area contributed by atoms with Crippen molar-refractivity contribution in [1.82, 2.24) is 78.1 Å². The minimum atomic E-state index is -5.92. The zero-order valence-corrected chi connectivity index (χ0v) is 53.2. The number of aliphatic hydroxyl groups excluding tert-OH is 5. The topological polar surface area (TPSA) is 846 Å². The number of ether oxygens (including phenoxy) is 4. The van der Waals surface area contributed by atoms with Gasteiger partial charge in [0.1, 0.15) is 98.6 Å². The van der Waals surface area contributed by atoms with Crippen LogP contribution >= 0.6 is 31.3 Å². The fourth-order valence-electron chi connectivity index (χ4n) is 10.9. The molecule has 0 amide bonds. The highest BCUT2D eigenvalue weighted by atomic mass is 31.2. The van der Waals surface area contributed by atoms with Gasteiger partial charge in [0.25, 0.3) is 0 Å². The van der Waals surface area contributed by atoms with Gasteiger partial charge in [-0.1, -0.05) is 0 Å². The quantitative estimate of drug-likeness (QED) is 0.0140. The van der Waals surface area contributed by atoms with E-state index < -0.39 is 185 Å². The van der Waals surface area contributed by atoms with Crippen molar-refractivity contribution in [3.8, 4) is 0 Å². The van der Waals surface area contributed by atoms with Gasteiger partial charge in [0.15, 0.2) is 92.8 Å². The van der Waals surface area contributed by atoms with Gasteiger partial charge in [0, 0.05) is 19.6 Å². The van der Waals surface area contributed by atoms with Gasteiger partial charge < -0.3 is 91.9 Å². The maximum absolute atomic E-state index is 14.4. The second kappa shape index (κ2) is 27.9. The second-order valence-electron chi connectivity index (χ2n) is 21.1. The lowest BCUT2D eigenvalue weighted by Gasteiger charge is -2.26. The van der Waals surface area contributed by atoms with E-state index in [1.807, 2.05) is 0 Å². The normalized spacial score (nSPS) is 28.5. The number of nitrogens with zero attached hydrogens (tertiary/aromatic N) is 28. The molecule has 57 nitrogen and oxygen atoms in total. The van der Waals surface area contributed by atoms with Crippen LogP contribution in [-0.2, 0) is 68.9 Å². The molecule has 19 atom stereocenters. The van der Waals surface area contributed by atoms with Crippen molar-refractivity contribution >= 4 is 123 Å². The molecule has 4 aliphatic heterocycles. The first kappa shape index (κ1) is 71.5. The Hall–Kier alpha value is -9.28. The van der Waals surface area contributed by atoms with Crippen LogP contribution in [0.3, 0.4) is 0 Å². The van der Waals surface area contributed by atoms with Crippen LogP contribution in [0.25, 0.3) is 86.4 Å². The smallest absolute Gasteiger partial charge is 0.387 e. The minimum Gasteiger partial charge on any atom is -0.387 e. The van der Waals surface area contributed by atoms with Crippen LogP contribution in [0.5, 0.6) is 0 Å². The van der Waals surface area contributed by atoms with Gasteiger partial charge in [-0.3, -0.25) is 49.9 Å². The van der Waals surface area contributed by atoms with E-state index in [2.05, 4.69) is 104 Å². The molecule has 0 bridgehead atoms. The fourth-order valence-corrected chi connectivity index (χ4v) is 14.0. The highest BCUT2D eigenvalue weighted by Crippen LogP contribution is 2.56. The summed E-state index contributed by atoms with van der Waals surface area (Å²) in [4.78, 5) is 112. The van der Waals surface area contributed by atoms with E-state index in [0.717, 1.165) is 43.6 Å². The monoisotopic (exact) mass is 1500 g/mol. The average molecular weight is 1500 g/mol.